The van der Waals surface area contributed by atoms with Gasteiger partial charge in [0.1, 0.15) is 13.2 Å². The average molecular weight is 565 g/mol. The molecule has 2 heterocycles. The number of aliphatic hydroxyl groups is 1. The van der Waals surface area contributed by atoms with E-state index in [2.05, 4.69) is 20.5 Å². The highest BCUT2D eigenvalue weighted by molar-refractivity contribution is 5.97. The Balaban J connectivity index is 0.00000533. The highest BCUT2D eigenvalue weighted by Crippen LogP contribution is 2.40. The number of carbonyl (C=O) groups is 2. The smallest absolute Gasteiger partial charge is 0.413 e. The Morgan fingerprint density at radius 1 is 1.15 bits per heavy atom. The number of aryl methyl sites for hydroxylation is 1. The first-order valence-electron chi connectivity index (χ1n) is 12.3. The zero-order chi connectivity index (χ0) is 28.2. The number of methoxy groups -OCH3 is 1. The summed E-state index contributed by atoms with van der Waals surface area (Å²) in [6.45, 7) is 11.6. The molecule has 3 aromatic rings. The van der Waals surface area contributed by atoms with Gasteiger partial charge in [-0.3, -0.25) is 9.79 Å². The van der Waals surface area contributed by atoms with Gasteiger partial charge in [0.05, 0.1) is 13.7 Å². The van der Waals surface area contributed by atoms with Crippen LogP contribution in [0.15, 0.2) is 17.1 Å². The molecule has 0 aliphatic heterocycles. The van der Waals surface area contributed by atoms with Crippen molar-refractivity contribution < 1.29 is 28.9 Å². The zero-order valence-corrected chi connectivity index (χ0v) is 24.4. The summed E-state index contributed by atoms with van der Waals surface area (Å²) in [5.41, 5.74) is 3.00. The van der Waals surface area contributed by atoms with E-state index in [1.54, 1.807) is 40.1 Å². The van der Waals surface area contributed by atoms with Crippen LogP contribution in [0.5, 0.6) is 17.4 Å². The number of amides is 1. The van der Waals surface area contributed by atoms with Crippen molar-refractivity contribution in [3.8, 4) is 17.4 Å². The number of fused-ring (bicyclic) bond motifs is 1. The fourth-order valence-electron chi connectivity index (χ4n) is 3.93. The maximum absolute atomic E-state index is 13.5. The van der Waals surface area contributed by atoms with E-state index < -0.39 is 6.09 Å². The van der Waals surface area contributed by atoms with Crippen LogP contribution in [0.2, 0.25) is 0 Å². The van der Waals surface area contributed by atoms with Crippen LogP contribution in [0.25, 0.3) is 5.65 Å². The number of ether oxygens (including phenoxy) is 3. The van der Waals surface area contributed by atoms with Crippen LogP contribution >= 0.6 is 12.4 Å². The summed E-state index contributed by atoms with van der Waals surface area (Å²) < 4.78 is 19.6. The molecule has 1 amide bonds. The van der Waals surface area contributed by atoms with Crippen LogP contribution in [0.4, 0.5) is 4.79 Å². The summed E-state index contributed by atoms with van der Waals surface area (Å²) in [6, 6.07) is 3.40. The van der Waals surface area contributed by atoms with Crippen molar-refractivity contribution in [1.29, 1.82) is 0 Å². The highest BCUT2D eigenvalue weighted by Gasteiger charge is 2.26. The molecule has 2 aromatic heterocycles. The van der Waals surface area contributed by atoms with E-state index >= 15 is 0 Å². The van der Waals surface area contributed by atoms with Gasteiger partial charge in [-0.25, -0.2) is 9.48 Å². The number of carbonyl (C=O) groups excluding carboxylic acids is 2. The SMILES string of the molecule is CCNC(=O)Oc1nn2/c(=N/C)n(CC(=O)c3cc(OCCO)c(OC)c(C(C)(C)C)c3)nc2c(C)c1C.Cl. The van der Waals surface area contributed by atoms with Crippen LogP contribution in [0.3, 0.4) is 0 Å². The zero-order valence-electron chi connectivity index (χ0n) is 23.6. The van der Waals surface area contributed by atoms with E-state index in [1.165, 1.54) is 9.20 Å². The van der Waals surface area contributed by atoms with E-state index in [-0.39, 0.29) is 49.2 Å². The van der Waals surface area contributed by atoms with Gasteiger partial charge in [-0.1, -0.05) is 20.8 Å². The molecule has 0 unspecified atom stereocenters. The molecule has 39 heavy (non-hydrogen) atoms. The summed E-state index contributed by atoms with van der Waals surface area (Å²) in [7, 11) is 3.11. The number of hydrogen-bond donors (Lipinski definition) is 2. The number of benzene rings is 1. The maximum atomic E-state index is 13.5. The predicted molar refractivity (Wildman–Crippen MR) is 147 cm³/mol. The van der Waals surface area contributed by atoms with E-state index in [0.717, 1.165) is 11.1 Å². The van der Waals surface area contributed by atoms with Gasteiger partial charge in [0.15, 0.2) is 22.9 Å². The summed E-state index contributed by atoms with van der Waals surface area (Å²) in [5.74, 6) is 0.774. The molecule has 12 nitrogen and oxygen atoms in total. The van der Waals surface area contributed by atoms with Crippen LogP contribution in [-0.4, -0.2) is 70.3 Å². The van der Waals surface area contributed by atoms with Crippen molar-refractivity contribution in [1.82, 2.24) is 24.7 Å². The first kappa shape index (κ1) is 31.6. The summed E-state index contributed by atoms with van der Waals surface area (Å²) in [6.07, 6.45) is -0.617. The predicted octanol–water partition coefficient (Wildman–Crippen LogP) is 2.77. The molecule has 13 heteroatoms. The van der Waals surface area contributed by atoms with Gasteiger partial charge in [-0.05, 0) is 38.3 Å². The van der Waals surface area contributed by atoms with Gasteiger partial charge < -0.3 is 24.6 Å². The summed E-state index contributed by atoms with van der Waals surface area (Å²) in [4.78, 5) is 29.8. The lowest BCUT2D eigenvalue weighted by Crippen LogP contribution is -2.29. The molecule has 0 radical (unpaired) electrons. The second-order valence-electron chi connectivity index (χ2n) is 9.69. The quantitative estimate of drug-likeness (QED) is 0.378. The van der Waals surface area contributed by atoms with E-state index in [1.807, 2.05) is 27.7 Å². The molecule has 0 fully saturated rings. The molecular weight excluding hydrogens is 528 g/mol. The average Bonchev–Trinajstić information content (AvgIpc) is 3.21. The van der Waals surface area contributed by atoms with Crippen LogP contribution in [-0.2, 0) is 12.0 Å². The van der Waals surface area contributed by atoms with Gasteiger partial charge in [0.25, 0.3) is 0 Å². The molecule has 0 bridgehead atoms. The Morgan fingerprint density at radius 2 is 1.85 bits per heavy atom. The largest absolute Gasteiger partial charge is 0.493 e. The van der Waals surface area contributed by atoms with E-state index in [9.17, 15) is 14.7 Å². The lowest BCUT2D eigenvalue weighted by atomic mass is 9.84. The molecule has 2 N–H and O–H groups in total. The number of aromatic nitrogens is 4. The molecule has 214 valence electrons. The first-order chi connectivity index (χ1) is 18.0. The number of aliphatic hydroxyl groups excluding tert-OH is 1. The number of nitrogens with zero attached hydrogens (tertiary/aromatic N) is 5. The molecule has 0 spiro atoms. The van der Waals surface area contributed by atoms with E-state index in [0.29, 0.717) is 40.4 Å². The van der Waals surface area contributed by atoms with Gasteiger partial charge in [-0.15, -0.1) is 22.6 Å². The molecule has 0 saturated carbocycles. The van der Waals surface area contributed by atoms with Gasteiger partial charge in [-0.2, -0.15) is 4.52 Å². The molecule has 0 aliphatic rings. The van der Waals surface area contributed by atoms with Crippen molar-refractivity contribution in [2.24, 2.45) is 4.99 Å². The Morgan fingerprint density at radius 3 is 2.41 bits per heavy atom. The standard InChI is InChI=1S/C26H36N6O6.ClH/c1-9-28-25(35)38-23-16(3)15(2)22-29-31(24(27-7)32(22)30-23)14-19(34)17-12-18(26(4,5)6)21(36-8)20(13-17)37-11-10-33;/h12-13,33H,9-11,14H2,1-8H3,(H,28,35);1H/b27-24+;. The van der Waals surface area contributed by atoms with Crippen molar-refractivity contribution in [2.45, 2.75) is 53.5 Å². The van der Waals surface area contributed by atoms with Crippen LogP contribution in [0, 0.1) is 13.8 Å². The number of ketones is 1. The second-order valence-corrected chi connectivity index (χ2v) is 9.69. The van der Waals surface area contributed by atoms with Gasteiger partial charge in [0, 0.05) is 35.8 Å². The van der Waals surface area contributed by atoms with Crippen LogP contribution < -0.4 is 25.1 Å². The number of Topliss-reactive ketones (excluding diaryl/α,β-unsaturated/α-hetero) is 1. The Hall–Kier alpha value is -3.64. The normalized spacial score (nSPS) is 11.8. The third kappa shape index (κ3) is 6.69. The van der Waals surface area contributed by atoms with Crippen molar-refractivity contribution >= 4 is 29.9 Å². The number of halogens is 1. The Bertz CT molecular complexity index is 1420. The fraction of sp³-hybridized carbons (Fsp3) is 0.500. The van der Waals surface area contributed by atoms with E-state index in [4.69, 9.17) is 14.2 Å². The summed E-state index contributed by atoms with van der Waals surface area (Å²) in [5, 5.41) is 20.9. The molecule has 1 aromatic carbocycles. The van der Waals surface area contributed by atoms with Crippen molar-refractivity contribution in [3.05, 3.63) is 40.0 Å². The Kier molecular flexibility index (Phi) is 10.5. The monoisotopic (exact) mass is 564 g/mol. The molecule has 0 saturated heterocycles. The van der Waals surface area contributed by atoms with Gasteiger partial charge in [0.2, 0.25) is 11.5 Å². The number of rotatable bonds is 9. The molecule has 0 atom stereocenters. The van der Waals surface area contributed by atoms with Crippen molar-refractivity contribution in [2.75, 3.05) is 33.9 Å². The van der Waals surface area contributed by atoms with Crippen molar-refractivity contribution in [3.63, 3.8) is 0 Å². The minimum Gasteiger partial charge on any atom is -0.493 e. The molecule has 3 rings (SSSR count). The third-order valence-electron chi connectivity index (χ3n) is 5.99. The summed E-state index contributed by atoms with van der Waals surface area (Å²) >= 11 is 0. The third-order valence-corrected chi connectivity index (χ3v) is 5.99. The minimum atomic E-state index is -0.617. The number of nitrogens with one attached hydrogen (secondary N) is 1. The Labute approximate surface area is 233 Å². The molecular formula is C26H37ClN6O6. The first-order valence-corrected chi connectivity index (χ1v) is 12.3. The minimum absolute atomic E-state index is 0. The topological polar surface area (TPSA) is 142 Å². The fourth-order valence-corrected chi connectivity index (χ4v) is 3.93. The maximum Gasteiger partial charge on any atom is 0.413 e. The lowest BCUT2D eigenvalue weighted by molar-refractivity contribution is 0.0965. The number of hydrogen-bond acceptors (Lipinski definition) is 9. The van der Waals surface area contributed by atoms with Gasteiger partial charge >= 0.3 is 6.09 Å². The van der Waals surface area contributed by atoms with Crippen LogP contribution in [0.1, 0.15) is 54.7 Å². The highest BCUT2D eigenvalue weighted by atomic mass is 35.5. The lowest BCUT2D eigenvalue weighted by Gasteiger charge is -2.25. The molecule has 0 aliphatic carbocycles. The second kappa shape index (κ2) is 12.9.